The average molecular weight is 381 g/mol. The molecule has 0 unspecified atom stereocenters. The van der Waals surface area contributed by atoms with Crippen LogP contribution in [0.15, 0.2) is 59.7 Å². The maximum atomic E-state index is 13.8. The van der Waals surface area contributed by atoms with E-state index in [2.05, 4.69) is 4.98 Å². The van der Waals surface area contributed by atoms with Gasteiger partial charge in [-0.3, -0.25) is 14.6 Å². The van der Waals surface area contributed by atoms with Gasteiger partial charge in [0.1, 0.15) is 22.9 Å². The van der Waals surface area contributed by atoms with Crippen LogP contribution in [0.25, 0.3) is 16.6 Å². The minimum absolute atomic E-state index is 0.0245. The topological polar surface area (TPSA) is 56.4 Å². The number of pyridine rings is 1. The van der Waals surface area contributed by atoms with Gasteiger partial charge in [-0.1, -0.05) is 6.07 Å². The van der Waals surface area contributed by atoms with E-state index in [9.17, 15) is 18.4 Å². The highest BCUT2D eigenvalue weighted by atomic mass is 19.1. The lowest BCUT2D eigenvalue weighted by Crippen LogP contribution is -2.24. The molecule has 0 spiro atoms. The molecule has 0 aliphatic rings. The lowest BCUT2D eigenvalue weighted by atomic mass is 10.1. The average Bonchev–Trinajstić information content (AvgIpc) is 3.09. The number of nitrogens with zero attached hydrogens (tertiary/aromatic N) is 3. The van der Waals surface area contributed by atoms with Gasteiger partial charge in [-0.05, 0) is 36.8 Å². The maximum absolute atomic E-state index is 13.8. The summed E-state index contributed by atoms with van der Waals surface area (Å²) in [5.41, 5.74) is 1.34. The minimum Gasteiger partial charge on any atom is -0.307 e. The number of carbonyl (C=O) groups excluding carboxylic acids is 1. The second-order valence-electron chi connectivity index (χ2n) is 6.61. The smallest absolute Gasteiger partial charge is 0.275 e. The van der Waals surface area contributed by atoms with Crippen molar-refractivity contribution in [1.82, 2.24) is 14.0 Å². The van der Waals surface area contributed by atoms with Crippen molar-refractivity contribution >= 4 is 22.3 Å². The van der Waals surface area contributed by atoms with Crippen molar-refractivity contribution in [2.24, 2.45) is 0 Å². The Morgan fingerprint density at radius 1 is 0.964 bits per heavy atom. The minimum atomic E-state index is -0.549. The fourth-order valence-corrected chi connectivity index (χ4v) is 3.36. The van der Waals surface area contributed by atoms with E-state index >= 15 is 0 Å². The Morgan fingerprint density at radius 2 is 1.79 bits per heavy atom. The first kappa shape index (κ1) is 18.0. The summed E-state index contributed by atoms with van der Waals surface area (Å²) in [6.07, 6.45) is 3.82. The summed E-state index contributed by atoms with van der Waals surface area (Å²) in [6.45, 7) is 0.100. The standard InChI is InChI=1S/C21H17F2N3O2/c22-14-4-7-18-19(11-14)25(21(28)20-12-15(23)13-26(18)20)10-8-17(27)6-5-16-3-1-2-9-24-16/h1-4,7,9,11-13H,5-6,8,10H2. The van der Waals surface area contributed by atoms with Crippen LogP contribution in [0.5, 0.6) is 0 Å². The molecule has 1 aromatic carbocycles. The predicted molar refractivity (Wildman–Crippen MR) is 101 cm³/mol. The Kier molecular flexibility index (Phi) is 4.73. The lowest BCUT2D eigenvalue weighted by Gasteiger charge is -2.12. The SMILES string of the molecule is O=C(CCc1ccccn1)CCn1c(=O)c2cc(F)cn2c2ccc(F)cc21. The van der Waals surface area contributed by atoms with E-state index < -0.39 is 17.2 Å². The van der Waals surface area contributed by atoms with Crippen molar-refractivity contribution in [2.45, 2.75) is 25.8 Å². The quantitative estimate of drug-likeness (QED) is 0.514. The third kappa shape index (κ3) is 3.43. The molecule has 5 nitrogen and oxygen atoms in total. The summed E-state index contributed by atoms with van der Waals surface area (Å²) in [4.78, 5) is 29.3. The number of aryl methyl sites for hydroxylation is 2. The van der Waals surface area contributed by atoms with Gasteiger partial charge in [-0.25, -0.2) is 8.78 Å². The molecule has 0 bridgehead atoms. The summed E-state index contributed by atoms with van der Waals surface area (Å²) in [5, 5.41) is 0. The van der Waals surface area contributed by atoms with Gasteiger partial charge in [-0.15, -0.1) is 0 Å². The van der Waals surface area contributed by atoms with Gasteiger partial charge in [0.05, 0.1) is 11.0 Å². The first-order valence-corrected chi connectivity index (χ1v) is 8.94. The number of carbonyl (C=O) groups is 1. The number of rotatable bonds is 6. The molecular weight excluding hydrogens is 364 g/mol. The molecule has 4 rings (SSSR count). The molecule has 0 fully saturated rings. The number of Topliss-reactive ketones (excluding diaryl/α,β-unsaturated/α-hetero) is 1. The number of hydrogen-bond acceptors (Lipinski definition) is 3. The summed E-state index contributed by atoms with van der Waals surface area (Å²) < 4.78 is 30.2. The molecule has 28 heavy (non-hydrogen) atoms. The van der Waals surface area contributed by atoms with Crippen LogP contribution < -0.4 is 5.56 Å². The van der Waals surface area contributed by atoms with Gasteiger partial charge >= 0.3 is 0 Å². The van der Waals surface area contributed by atoms with E-state index in [4.69, 9.17) is 0 Å². The number of halogens is 2. The fourth-order valence-electron chi connectivity index (χ4n) is 3.36. The Bertz CT molecular complexity index is 1230. The van der Waals surface area contributed by atoms with E-state index in [0.717, 1.165) is 11.8 Å². The molecule has 0 amide bonds. The van der Waals surface area contributed by atoms with Crippen LogP contribution in [-0.2, 0) is 17.8 Å². The van der Waals surface area contributed by atoms with Gasteiger partial charge in [0.2, 0.25) is 0 Å². The summed E-state index contributed by atoms with van der Waals surface area (Å²) in [5.74, 6) is -1.08. The third-order valence-corrected chi connectivity index (χ3v) is 4.74. The zero-order chi connectivity index (χ0) is 19.7. The molecule has 7 heteroatoms. The first-order chi connectivity index (χ1) is 13.5. The van der Waals surface area contributed by atoms with Crippen LogP contribution in [0.4, 0.5) is 8.78 Å². The zero-order valence-corrected chi connectivity index (χ0v) is 14.9. The van der Waals surface area contributed by atoms with Crippen molar-refractivity contribution in [3.63, 3.8) is 0 Å². The van der Waals surface area contributed by atoms with Gasteiger partial charge in [0.15, 0.2) is 0 Å². The maximum Gasteiger partial charge on any atom is 0.275 e. The second-order valence-corrected chi connectivity index (χ2v) is 6.61. The number of hydrogen-bond donors (Lipinski definition) is 0. The van der Waals surface area contributed by atoms with Gasteiger partial charge < -0.3 is 8.97 Å². The zero-order valence-electron chi connectivity index (χ0n) is 14.9. The van der Waals surface area contributed by atoms with E-state index in [1.165, 1.54) is 33.4 Å². The van der Waals surface area contributed by atoms with Crippen LogP contribution in [0, 0.1) is 11.6 Å². The number of aromatic nitrogens is 3. The van der Waals surface area contributed by atoms with E-state index in [1.54, 1.807) is 6.20 Å². The highest BCUT2D eigenvalue weighted by Crippen LogP contribution is 2.18. The van der Waals surface area contributed by atoms with E-state index in [1.807, 2.05) is 18.2 Å². The van der Waals surface area contributed by atoms with Crippen LogP contribution in [0.3, 0.4) is 0 Å². The van der Waals surface area contributed by atoms with Crippen molar-refractivity contribution in [1.29, 1.82) is 0 Å². The number of benzene rings is 1. The van der Waals surface area contributed by atoms with Crippen LogP contribution >= 0.6 is 0 Å². The molecule has 0 aliphatic carbocycles. The Hall–Kier alpha value is -3.35. The summed E-state index contributed by atoms with van der Waals surface area (Å²) in [7, 11) is 0. The van der Waals surface area contributed by atoms with Gasteiger partial charge in [-0.2, -0.15) is 0 Å². The third-order valence-electron chi connectivity index (χ3n) is 4.74. The second kappa shape index (κ2) is 7.34. The van der Waals surface area contributed by atoms with Crippen LogP contribution in [-0.4, -0.2) is 19.7 Å². The molecule has 0 atom stereocenters. The normalized spacial score (nSPS) is 11.4. The van der Waals surface area contributed by atoms with Crippen molar-refractivity contribution in [2.75, 3.05) is 0 Å². The summed E-state index contributed by atoms with van der Waals surface area (Å²) >= 11 is 0. The van der Waals surface area contributed by atoms with Gasteiger partial charge in [0, 0.05) is 43.5 Å². The van der Waals surface area contributed by atoms with Crippen LogP contribution in [0.2, 0.25) is 0 Å². The molecule has 3 heterocycles. The Balaban J connectivity index is 1.62. The Morgan fingerprint density at radius 3 is 2.57 bits per heavy atom. The fraction of sp³-hybridized carbons (Fsp3) is 0.190. The monoisotopic (exact) mass is 381 g/mol. The molecule has 3 aromatic heterocycles. The summed E-state index contributed by atoms with van der Waals surface area (Å²) in [6, 6.07) is 10.6. The molecule has 0 radical (unpaired) electrons. The highest BCUT2D eigenvalue weighted by Gasteiger charge is 2.14. The largest absolute Gasteiger partial charge is 0.307 e. The molecule has 0 aliphatic heterocycles. The van der Waals surface area contributed by atoms with Crippen molar-refractivity contribution in [3.05, 3.63) is 82.5 Å². The number of ketones is 1. The van der Waals surface area contributed by atoms with Crippen molar-refractivity contribution < 1.29 is 13.6 Å². The molecule has 142 valence electrons. The predicted octanol–water partition coefficient (Wildman–Crippen LogP) is 3.52. The molecular formula is C21H17F2N3O2. The van der Waals surface area contributed by atoms with E-state index in [0.29, 0.717) is 23.9 Å². The Labute approximate surface area is 158 Å². The molecule has 4 aromatic rings. The van der Waals surface area contributed by atoms with Crippen LogP contribution in [0.1, 0.15) is 18.5 Å². The molecule has 0 saturated carbocycles. The molecule has 0 saturated heterocycles. The highest BCUT2D eigenvalue weighted by molar-refractivity contribution is 5.81. The van der Waals surface area contributed by atoms with Gasteiger partial charge in [0.25, 0.3) is 5.56 Å². The van der Waals surface area contributed by atoms with E-state index in [-0.39, 0.29) is 24.3 Å². The first-order valence-electron chi connectivity index (χ1n) is 8.94. The lowest BCUT2D eigenvalue weighted by molar-refractivity contribution is -0.119. The van der Waals surface area contributed by atoms with Crippen molar-refractivity contribution in [3.8, 4) is 0 Å². The molecule has 0 N–H and O–H groups in total. The number of fused-ring (bicyclic) bond motifs is 3.